The van der Waals surface area contributed by atoms with Gasteiger partial charge in [0.05, 0.1) is 18.6 Å². The lowest BCUT2D eigenvalue weighted by Crippen LogP contribution is -2.60. The predicted octanol–water partition coefficient (Wildman–Crippen LogP) is 12.4. The Hall–Kier alpha value is -1.39. The number of cyclic esters (lactones) is 1. The van der Waals surface area contributed by atoms with Gasteiger partial charge < -0.3 is 32.6 Å². The highest BCUT2D eigenvalue weighted by molar-refractivity contribution is 6.74. The van der Waals surface area contributed by atoms with Gasteiger partial charge in [-0.1, -0.05) is 94.4 Å². The number of ether oxygens (including phenoxy) is 3. The molecule has 12 heteroatoms. The summed E-state index contributed by atoms with van der Waals surface area (Å²) in [4.78, 5) is 25.8. The second-order valence-corrected chi connectivity index (χ2v) is 32.5. The third kappa shape index (κ3) is 14.3. The molecule has 1 saturated heterocycles. The van der Waals surface area contributed by atoms with Crippen LogP contribution in [0.4, 0.5) is 0 Å². The monoisotopic (exact) mass is 895 g/mol. The molecule has 0 aromatic heterocycles. The Labute approximate surface area is 370 Å². The van der Waals surface area contributed by atoms with E-state index in [0.29, 0.717) is 19.3 Å². The lowest BCUT2D eigenvalue weighted by molar-refractivity contribution is -0.149. The van der Waals surface area contributed by atoms with Gasteiger partial charge in [-0.2, -0.15) is 0 Å². The highest BCUT2D eigenvalue weighted by atomic mass is 28.4. The molecule has 0 aromatic rings. The molecule has 0 aliphatic carbocycles. The Balaban J connectivity index is 2.58. The highest BCUT2D eigenvalue weighted by Gasteiger charge is 2.63. The van der Waals surface area contributed by atoms with Crippen LogP contribution in [0.15, 0.2) is 35.5 Å². The van der Waals surface area contributed by atoms with Crippen molar-refractivity contribution in [2.75, 3.05) is 0 Å². The van der Waals surface area contributed by atoms with E-state index < -0.39 is 48.4 Å². The third-order valence-electron chi connectivity index (χ3n) is 15.1. The fourth-order valence-corrected chi connectivity index (χ4v) is 18.4. The number of carbonyl (C=O) groups excluding carboxylic acids is 2. The summed E-state index contributed by atoms with van der Waals surface area (Å²) in [6.45, 7) is 33.8. The van der Waals surface area contributed by atoms with Crippen LogP contribution in [0.25, 0.3) is 0 Å². The van der Waals surface area contributed by atoms with Gasteiger partial charge >= 0.3 is 11.9 Å². The first kappa shape index (κ1) is 54.7. The number of rotatable bonds is 24. The van der Waals surface area contributed by atoms with Crippen molar-refractivity contribution in [1.29, 1.82) is 0 Å². The molecule has 0 aromatic carbocycles. The molecule has 2 rings (SSSR count). The van der Waals surface area contributed by atoms with E-state index in [0.717, 1.165) is 78.4 Å². The van der Waals surface area contributed by atoms with Crippen LogP contribution in [0.5, 0.6) is 0 Å². The number of hydrogen-bond acceptors (Lipinski definition) is 9. The van der Waals surface area contributed by atoms with Gasteiger partial charge in [0.1, 0.15) is 29.5 Å². The molecule has 0 bridgehead atoms. The van der Waals surface area contributed by atoms with E-state index in [1.54, 1.807) is 0 Å². The first-order chi connectivity index (χ1) is 28.2. The predicted molar refractivity (Wildman–Crippen MR) is 255 cm³/mol. The maximum Gasteiger partial charge on any atom is 0.308 e. The van der Waals surface area contributed by atoms with Gasteiger partial charge in [-0.15, -0.1) is 0 Å². The summed E-state index contributed by atoms with van der Waals surface area (Å²) in [5, 5.41) is 12.8. The second-order valence-electron chi connectivity index (χ2n) is 18.4. The number of hydrogen-bond donors (Lipinski definition) is 1. The Morgan fingerprint density at radius 3 is 1.92 bits per heavy atom. The van der Waals surface area contributed by atoms with Crippen LogP contribution in [0.3, 0.4) is 0 Å². The molecule has 60 heavy (non-hydrogen) atoms. The number of aliphatic hydroxyl groups is 1. The van der Waals surface area contributed by atoms with Gasteiger partial charge in [0.2, 0.25) is 0 Å². The van der Waals surface area contributed by atoms with Crippen LogP contribution in [-0.4, -0.2) is 89.8 Å². The molecule has 1 fully saturated rings. The number of epoxide rings is 1. The van der Waals surface area contributed by atoms with E-state index >= 15 is 0 Å². The van der Waals surface area contributed by atoms with Crippen molar-refractivity contribution in [2.45, 2.75) is 252 Å². The molecule has 0 spiro atoms. The number of esters is 2. The molecule has 0 unspecified atom stereocenters. The average molecular weight is 895 g/mol. The average Bonchev–Trinajstić information content (AvgIpc) is 4.05. The Bertz CT molecular complexity index is 1390. The van der Waals surface area contributed by atoms with Crippen LogP contribution < -0.4 is 0 Å². The summed E-state index contributed by atoms with van der Waals surface area (Å²) in [5.74, 6) is -0.467. The summed E-state index contributed by atoms with van der Waals surface area (Å²) >= 11 is 0. The minimum absolute atomic E-state index is 0.0663. The van der Waals surface area contributed by atoms with E-state index in [-0.39, 0.29) is 48.7 Å². The van der Waals surface area contributed by atoms with Crippen molar-refractivity contribution in [2.24, 2.45) is 5.92 Å². The standard InChI is InChI=1S/C48H90O9Si3/c1-17-42(56-59(21-5,22-6)23-7)38(13)45-46(54-45)48(16,51)47(15,57-60(24-8,25-9)26-10)34-33-36(11)37(12)43-32-28-30-40(52-39(14)49)29-27-31-41(35-44(50)53-43)55-58(18-2,19-3)20-4/h28,30,33-34,38,40-43,45-46,51H,17-27,29,31-32,35H2,1-16H3/b30-28+,34-33+,37-36+/t38-,40-,41-,42+,43-,45-,46-,47-,48-/m1/s1. The molecular weight excluding hydrogens is 805 g/mol. The topological polar surface area (TPSA) is 113 Å². The minimum atomic E-state index is -2.25. The molecule has 2 aliphatic rings. The fourth-order valence-electron chi connectivity index (χ4n) is 9.32. The minimum Gasteiger partial charge on any atom is -0.458 e. The highest BCUT2D eigenvalue weighted by Crippen LogP contribution is 2.48. The number of carbonyl (C=O) groups is 2. The molecule has 348 valence electrons. The second kappa shape index (κ2) is 24.6. The fraction of sp³-hybridized carbons (Fsp3) is 0.833. The Morgan fingerprint density at radius 1 is 0.867 bits per heavy atom. The van der Waals surface area contributed by atoms with Crippen molar-refractivity contribution >= 4 is 36.9 Å². The van der Waals surface area contributed by atoms with Crippen LogP contribution in [0, 0.1) is 5.92 Å². The SMILES string of the molecule is CC[C@H](O[Si](CC)(CC)CC)[C@@H](C)[C@H]1O[C@H]1[C@@](C)(O)[C@@](C)(/C=C/C(C)=C(\C)[C@H]1C/C=C/[C@H](OC(C)=O)CCC[C@@H](O[Si](CC)(CC)CC)CC(=O)O1)O[Si](CC)(CC)CC. The van der Waals surface area contributed by atoms with Gasteiger partial charge in [0.15, 0.2) is 25.0 Å². The summed E-state index contributed by atoms with van der Waals surface area (Å²) in [7, 11) is -6.10. The Morgan fingerprint density at radius 2 is 1.42 bits per heavy atom. The largest absolute Gasteiger partial charge is 0.458 e. The summed E-state index contributed by atoms with van der Waals surface area (Å²) < 4.78 is 39.7. The van der Waals surface area contributed by atoms with E-state index in [1.165, 1.54) is 6.92 Å². The lowest BCUT2D eigenvalue weighted by Gasteiger charge is -2.46. The first-order valence-electron chi connectivity index (χ1n) is 24.1. The zero-order valence-electron chi connectivity index (χ0n) is 41.2. The quantitative estimate of drug-likeness (QED) is 0.0333. The smallest absolute Gasteiger partial charge is 0.308 e. The van der Waals surface area contributed by atoms with Crippen molar-refractivity contribution in [3.63, 3.8) is 0 Å². The summed E-state index contributed by atoms with van der Waals surface area (Å²) in [6.07, 6.45) is 9.97. The maximum absolute atomic E-state index is 13.8. The van der Waals surface area contributed by atoms with E-state index in [2.05, 4.69) is 76.2 Å². The summed E-state index contributed by atoms with van der Waals surface area (Å²) in [5.41, 5.74) is -0.589. The molecule has 0 radical (unpaired) electrons. The van der Waals surface area contributed by atoms with Crippen molar-refractivity contribution in [3.05, 3.63) is 35.5 Å². The zero-order valence-corrected chi connectivity index (χ0v) is 44.2. The van der Waals surface area contributed by atoms with Crippen LogP contribution in [0.1, 0.15) is 149 Å². The molecule has 9 atom stereocenters. The van der Waals surface area contributed by atoms with E-state index in [9.17, 15) is 14.7 Å². The van der Waals surface area contributed by atoms with Crippen molar-refractivity contribution in [1.82, 2.24) is 0 Å². The molecule has 0 amide bonds. The van der Waals surface area contributed by atoms with Gasteiger partial charge in [0, 0.05) is 25.4 Å². The molecule has 2 heterocycles. The lowest BCUT2D eigenvalue weighted by atomic mass is 9.79. The van der Waals surface area contributed by atoms with E-state index in [4.69, 9.17) is 27.5 Å². The zero-order chi connectivity index (χ0) is 45.5. The molecular formula is C48H90O9Si3. The van der Waals surface area contributed by atoms with Crippen molar-refractivity contribution in [3.8, 4) is 0 Å². The molecule has 2 aliphatic heterocycles. The van der Waals surface area contributed by atoms with Gasteiger partial charge in [-0.3, -0.25) is 9.59 Å². The van der Waals surface area contributed by atoms with Crippen LogP contribution in [0.2, 0.25) is 54.4 Å². The number of allylic oxidation sites excluding steroid dienone is 2. The van der Waals surface area contributed by atoms with Crippen LogP contribution >= 0.6 is 0 Å². The molecule has 1 N–H and O–H groups in total. The Kier molecular flexibility index (Phi) is 22.5. The van der Waals surface area contributed by atoms with E-state index in [1.807, 2.05) is 52.0 Å². The third-order valence-corrected chi connectivity index (χ3v) is 29.2. The van der Waals surface area contributed by atoms with Gasteiger partial charge in [-0.05, 0) is 125 Å². The first-order valence-corrected chi connectivity index (χ1v) is 31.6. The van der Waals surface area contributed by atoms with Crippen LogP contribution in [-0.2, 0) is 37.1 Å². The summed E-state index contributed by atoms with van der Waals surface area (Å²) in [6, 6.07) is 9.06. The van der Waals surface area contributed by atoms with Crippen molar-refractivity contribution < 1.29 is 42.2 Å². The molecule has 0 saturated carbocycles. The normalized spacial score (nSPS) is 26.4. The maximum atomic E-state index is 13.8. The van der Waals surface area contributed by atoms with Gasteiger partial charge in [0.25, 0.3) is 0 Å². The molecule has 9 nitrogen and oxygen atoms in total. The van der Waals surface area contributed by atoms with Gasteiger partial charge in [-0.25, -0.2) is 0 Å².